The Morgan fingerprint density at radius 2 is 2.07 bits per heavy atom. The van der Waals surface area contributed by atoms with Crippen LogP contribution < -0.4 is 0 Å². The number of H-pyrrole nitrogens is 1. The predicted molar refractivity (Wildman–Crippen MR) is 61.8 cm³/mol. The van der Waals surface area contributed by atoms with Gasteiger partial charge in [-0.1, -0.05) is 39.0 Å². The molecule has 0 radical (unpaired) electrons. The van der Waals surface area contributed by atoms with E-state index in [2.05, 4.69) is 50.2 Å². The van der Waals surface area contributed by atoms with Crippen LogP contribution in [0.15, 0.2) is 24.4 Å². The Morgan fingerprint density at radius 3 is 2.71 bits per heavy atom. The third kappa shape index (κ3) is 1.33. The van der Waals surface area contributed by atoms with Gasteiger partial charge >= 0.3 is 0 Å². The number of aromatic nitrogens is 1. The number of rotatable bonds is 2. The van der Waals surface area contributed by atoms with Gasteiger partial charge in [-0.05, 0) is 23.5 Å². The molecular formula is C13H17N. The van der Waals surface area contributed by atoms with Gasteiger partial charge in [0.05, 0.1) is 0 Å². The second-order valence-corrected chi connectivity index (χ2v) is 4.09. The molecule has 0 bridgehead atoms. The van der Waals surface area contributed by atoms with Gasteiger partial charge in [0.25, 0.3) is 0 Å². The molecule has 1 heterocycles. The van der Waals surface area contributed by atoms with Gasteiger partial charge in [-0.3, -0.25) is 0 Å². The number of nitrogens with one attached hydrogen (secondary N) is 1. The molecule has 0 unspecified atom stereocenters. The highest BCUT2D eigenvalue weighted by molar-refractivity contribution is 5.86. The summed E-state index contributed by atoms with van der Waals surface area (Å²) in [5, 5.41) is 1.39. The van der Waals surface area contributed by atoms with Crippen LogP contribution >= 0.6 is 0 Å². The van der Waals surface area contributed by atoms with Crippen LogP contribution in [0.2, 0.25) is 0 Å². The van der Waals surface area contributed by atoms with Gasteiger partial charge in [-0.25, -0.2) is 0 Å². The van der Waals surface area contributed by atoms with E-state index in [4.69, 9.17) is 0 Å². The van der Waals surface area contributed by atoms with Gasteiger partial charge in [0.2, 0.25) is 0 Å². The Labute approximate surface area is 85.1 Å². The molecule has 0 fully saturated rings. The Morgan fingerprint density at radius 1 is 1.29 bits per heavy atom. The molecule has 0 amide bonds. The first kappa shape index (κ1) is 9.32. The first-order chi connectivity index (χ1) is 6.74. The van der Waals surface area contributed by atoms with E-state index in [-0.39, 0.29) is 0 Å². The average molecular weight is 187 g/mol. The van der Waals surface area contributed by atoms with E-state index in [1.54, 1.807) is 0 Å². The zero-order valence-electron chi connectivity index (χ0n) is 9.09. The SMILES string of the molecule is CCc1cccc2c(C(C)C)c[nH]c12. The molecule has 0 aliphatic heterocycles. The van der Waals surface area contributed by atoms with Crippen molar-refractivity contribution in [2.45, 2.75) is 33.1 Å². The van der Waals surface area contributed by atoms with E-state index in [0.29, 0.717) is 5.92 Å². The van der Waals surface area contributed by atoms with E-state index < -0.39 is 0 Å². The minimum atomic E-state index is 0.593. The molecule has 1 aromatic carbocycles. The Kier molecular flexibility index (Phi) is 2.32. The van der Waals surface area contributed by atoms with Crippen molar-refractivity contribution >= 4 is 10.9 Å². The zero-order valence-corrected chi connectivity index (χ0v) is 9.09. The molecule has 0 saturated carbocycles. The van der Waals surface area contributed by atoms with Gasteiger partial charge < -0.3 is 4.98 Å². The fourth-order valence-electron chi connectivity index (χ4n) is 2.01. The van der Waals surface area contributed by atoms with Crippen molar-refractivity contribution in [3.63, 3.8) is 0 Å². The first-order valence-electron chi connectivity index (χ1n) is 5.33. The van der Waals surface area contributed by atoms with Crippen LogP contribution in [0.5, 0.6) is 0 Å². The van der Waals surface area contributed by atoms with E-state index in [1.165, 1.54) is 22.0 Å². The van der Waals surface area contributed by atoms with Gasteiger partial charge in [-0.2, -0.15) is 0 Å². The molecule has 1 N–H and O–H groups in total. The Bertz CT molecular complexity index is 437. The van der Waals surface area contributed by atoms with Crippen molar-refractivity contribution < 1.29 is 0 Å². The molecule has 0 saturated heterocycles. The number of hydrogen-bond acceptors (Lipinski definition) is 0. The molecule has 0 aliphatic rings. The fraction of sp³-hybridized carbons (Fsp3) is 0.385. The maximum absolute atomic E-state index is 3.39. The van der Waals surface area contributed by atoms with Crippen LogP contribution in [0.3, 0.4) is 0 Å². The molecule has 2 rings (SSSR count). The van der Waals surface area contributed by atoms with Gasteiger partial charge in [0.15, 0.2) is 0 Å². The highest BCUT2D eigenvalue weighted by atomic mass is 14.7. The Hall–Kier alpha value is -1.24. The van der Waals surface area contributed by atoms with Crippen molar-refractivity contribution in [2.75, 3.05) is 0 Å². The van der Waals surface area contributed by atoms with Crippen LogP contribution in [-0.2, 0) is 6.42 Å². The smallest absolute Gasteiger partial charge is 0.0489 e. The topological polar surface area (TPSA) is 15.8 Å². The van der Waals surface area contributed by atoms with Gasteiger partial charge in [0, 0.05) is 17.1 Å². The summed E-state index contributed by atoms with van der Waals surface area (Å²) in [6.45, 7) is 6.67. The molecule has 0 spiro atoms. The normalized spacial score (nSPS) is 11.4. The van der Waals surface area contributed by atoms with Crippen molar-refractivity contribution in [1.29, 1.82) is 0 Å². The van der Waals surface area contributed by atoms with Gasteiger partial charge in [0.1, 0.15) is 0 Å². The molecule has 1 aromatic heterocycles. The molecule has 0 aliphatic carbocycles. The average Bonchev–Trinajstić information content (AvgIpc) is 2.60. The summed E-state index contributed by atoms with van der Waals surface area (Å²) in [4.78, 5) is 3.39. The summed E-state index contributed by atoms with van der Waals surface area (Å²) in [5.74, 6) is 0.593. The summed E-state index contributed by atoms with van der Waals surface area (Å²) < 4.78 is 0. The van der Waals surface area contributed by atoms with E-state index >= 15 is 0 Å². The zero-order chi connectivity index (χ0) is 10.1. The van der Waals surface area contributed by atoms with Crippen LogP contribution in [0, 0.1) is 0 Å². The number of para-hydroxylation sites is 1. The van der Waals surface area contributed by atoms with E-state index in [9.17, 15) is 0 Å². The lowest BCUT2D eigenvalue weighted by Gasteiger charge is -2.03. The monoisotopic (exact) mass is 187 g/mol. The number of benzene rings is 1. The molecule has 2 aromatic rings. The maximum Gasteiger partial charge on any atom is 0.0489 e. The highest BCUT2D eigenvalue weighted by Gasteiger charge is 2.08. The number of aryl methyl sites for hydroxylation is 1. The van der Waals surface area contributed by atoms with Gasteiger partial charge in [-0.15, -0.1) is 0 Å². The van der Waals surface area contributed by atoms with Crippen molar-refractivity contribution in [1.82, 2.24) is 4.98 Å². The second-order valence-electron chi connectivity index (χ2n) is 4.09. The molecule has 14 heavy (non-hydrogen) atoms. The van der Waals surface area contributed by atoms with E-state index in [0.717, 1.165) is 6.42 Å². The highest BCUT2D eigenvalue weighted by Crippen LogP contribution is 2.27. The lowest BCUT2D eigenvalue weighted by Crippen LogP contribution is -1.85. The van der Waals surface area contributed by atoms with Crippen LogP contribution in [0.4, 0.5) is 0 Å². The maximum atomic E-state index is 3.39. The first-order valence-corrected chi connectivity index (χ1v) is 5.33. The lowest BCUT2D eigenvalue weighted by atomic mass is 10.0. The number of aromatic amines is 1. The molecule has 1 nitrogen and oxygen atoms in total. The molecule has 0 atom stereocenters. The second kappa shape index (κ2) is 3.49. The molecule has 74 valence electrons. The molecule has 1 heteroatoms. The summed E-state index contributed by atoms with van der Waals surface area (Å²) in [7, 11) is 0. The van der Waals surface area contributed by atoms with E-state index in [1.807, 2.05) is 0 Å². The van der Waals surface area contributed by atoms with Crippen LogP contribution in [0.1, 0.15) is 37.8 Å². The number of hydrogen-bond donors (Lipinski definition) is 1. The van der Waals surface area contributed by atoms with Crippen molar-refractivity contribution in [3.8, 4) is 0 Å². The predicted octanol–water partition coefficient (Wildman–Crippen LogP) is 3.85. The number of fused-ring (bicyclic) bond motifs is 1. The minimum Gasteiger partial charge on any atom is -0.361 e. The minimum absolute atomic E-state index is 0.593. The fourth-order valence-corrected chi connectivity index (χ4v) is 2.01. The third-order valence-electron chi connectivity index (χ3n) is 2.84. The standard InChI is InChI=1S/C13H17N/c1-4-10-6-5-7-11-12(9(2)3)8-14-13(10)11/h5-9,14H,4H2,1-3H3. The Balaban J connectivity index is 2.69. The summed E-state index contributed by atoms with van der Waals surface area (Å²) >= 11 is 0. The van der Waals surface area contributed by atoms with Crippen LogP contribution in [-0.4, -0.2) is 4.98 Å². The third-order valence-corrected chi connectivity index (χ3v) is 2.84. The summed E-state index contributed by atoms with van der Waals surface area (Å²) in [6, 6.07) is 6.56. The quantitative estimate of drug-likeness (QED) is 0.735. The largest absolute Gasteiger partial charge is 0.361 e. The van der Waals surface area contributed by atoms with Crippen molar-refractivity contribution in [3.05, 3.63) is 35.5 Å². The van der Waals surface area contributed by atoms with Crippen LogP contribution in [0.25, 0.3) is 10.9 Å². The van der Waals surface area contributed by atoms with Crippen molar-refractivity contribution in [2.24, 2.45) is 0 Å². The molecular weight excluding hydrogens is 170 g/mol. The summed E-state index contributed by atoms with van der Waals surface area (Å²) in [5.41, 5.74) is 4.16. The lowest BCUT2D eigenvalue weighted by molar-refractivity contribution is 0.875. The summed E-state index contributed by atoms with van der Waals surface area (Å²) in [6.07, 6.45) is 3.24.